The zero-order valence-electron chi connectivity index (χ0n) is 34.8. The average Bonchev–Trinajstić information content (AvgIpc) is 3.70. The van der Waals surface area contributed by atoms with Crippen LogP contribution < -0.4 is 4.90 Å². The maximum absolute atomic E-state index is 2.46. The number of benzene rings is 12. The quantitative estimate of drug-likeness (QED) is 0.157. The van der Waals surface area contributed by atoms with Crippen molar-refractivity contribution in [1.29, 1.82) is 0 Å². The SMILES string of the molecule is c1ccc(-n2c3ccccc3c3cccc(-c4ccc(N(c5ccc6ccccc6c5)c5cc6ccc7cccc8c9cccc%10ccc%11cccc(c(c5)c6c78)c%11c%109)cc4)c32)cc1. The van der Waals surface area contributed by atoms with E-state index in [2.05, 4.69) is 240 Å². The minimum Gasteiger partial charge on any atom is -0.310 e. The monoisotopic (exact) mass is 810 g/mol. The van der Waals surface area contributed by atoms with Crippen LogP contribution in [0.25, 0.3) is 114 Å². The molecule has 64 heavy (non-hydrogen) atoms. The number of hydrogen-bond acceptors (Lipinski definition) is 1. The van der Waals surface area contributed by atoms with Gasteiger partial charge in [0.25, 0.3) is 0 Å². The van der Waals surface area contributed by atoms with Crippen molar-refractivity contribution in [3.8, 4) is 16.8 Å². The van der Waals surface area contributed by atoms with E-state index in [0.717, 1.165) is 22.7 Å². The molecule has 14 rings (SSSR count). The third-order valence-corrected chi connectivity index (χ3v) is 13.8. The predicted octanol–water partition coefficient (Wildman–Crippen LogP) is 17.4. The fourth-order valence-electron chi connectivity index (χ4n) is 11.0. The molecule has 0 spiro atoms. The van der Waals surface area contributed by atoms with Crippen LogP contribution in [0.15, 0.2) is 231 Å². The average molecular weight is 811 g/mol. The number of nitrogens with zero attached hydrogens (tertiary/aromatic N) is 2. The highest BCUT2D eigenvalue weighted by Crippen LogP contribution is 2.47. The highest BCUT2D eigenvalue weighted by molar-refractivity contribution is 6.37. The van der Waals surface area contributed by atoms with Gasteiger partial charge in [0.2, 0.25) is 0 Å². The van der Waals surface area contributed by atoms with Gasteiger partial charge in [0.05, 0.1) is 11.0 Å². The summed E-state index contributed by atoms with van der Waals surface area (Å²) < 4.78 is 2.43. The number of hydrogen-bond donors (Lipinski definition) is 0. The molecule has 2 heteroatoms. The summed E-state index contributed by atoms with van der Waals surface area (Å²) in [4.78, 5) is 2.46. The van der Waals surface area contributed by atoms with E-state index in [-0.39, 0.29) is 0 Å². The normalized spacial score (nSPS) is 12.1. The summed E-state index contributed by atoms with van der Waals surface area (Å²) in [6.07, 6.45) is 0. The standard InChI is InChI=1S/C62H38N2/c1-2-17-46(18-3-1)64-57-25-7-6-19-51(57)55-24-11-20-50(62(55)64)40-31-33-47(34-32-40)63(48-35-30-39-12-4-5-13-44(39)36-48)49-37-45-29-28-43-15-9-22-53-52-21-8-14-41-26-27-42-16-10-23-54(60(42)58(41)52)56(38-49)61(45)59(43)53/h1-38H. The topological polar surface area (TPSA) is 8.17 Å². The van der Waals surface area contributed by atoms with Crippen LogP contribution in [0.2, 0.25) is 0 Å². The first kappa shape index (κ1) is 35.2. The van der Waals surface area contributed by atoms with Crippen molar-refractivity contribution in [3.63, 3.8) is 0 Å². The lowest BCUT2D eigenvalue weighted by atomic mass is 9.87. The third-order valence-electron chi connectivity index (χ3n) is 13.8. The Kier molecular flexibility index (Phi) is 7.43. The van der Waals surface area contributed by atoms with Gasteiger partial charge in [-0.1, -0.05) is 176 Å². The molecule has 296 valence electrons. The molecule has 0 bridgehead atoms. The van der Waals surface area contributed by atoms with E-state index in [1.54, 1.807) is 0 Å². The molecular formula is C62H38N2. The zero-order chi connectivity index (χ0) is 41.9. The molecule has 0 amide bonds. The van der Waals surface area contributed by atoms with E-state index >= 15 is 0 Å². The van der Waals surface area contributed by atoms with Crippen molar-refractivity contribution in [1.82, 2.24) is 4.57 Å². The molecule has 0 aliphatic heterocycles. The van der Waals surface area contributed by atoms with Gasteiger partial charge in [-0.05, 0) is 136 Å². The van der Waals surface area contributed by atoms with E-state index in [1.807, 2.05) is 0 Å². The maximum atomic E-state index is 2.46. The summed E-state index contributed by atoms with van der Waals surface area (Å²) in [7, 11) is 0. The van der Waals surface area contributed by atoms with Gasteiger partial charge in [-0.25, -0.2) is 0 Å². The summed E-state index contributed by atoms with van der Waals surface area (Å²) >= 11 is 0. The van der Waals surface area contributed by atoms with Crippen molar-refractivity contribution < 1.29 is 0 Å². The van der Waals surface area contributed by atoms with Crippen molar-refractivity contribution >= 4 is 114 Å². The second-order valence-corrected chi connectivity index (χ2v) is 17.2. The summed E-state index contributed by atoms with van der Waals surface area (Å²) in [5.41, 5.74) is 9.28. The minimum atomic E-state index is 1.10. The second-order valence-electron chi connectivity index (χ2n) is 17.2. The van der Waals surface area contributed by atoms with Gasteiger partial charge in [-0.15, -0.1) is 0 Å². The fourth-order valence-corrected chi connectivity index (χ4v) is 11.0. The van der Waals surface area contributed by atoms with Crippen LogP contribution in [-0.2, 0) is 0 Å². The zero-order valence-corrected chi connectivity index (χ0v) is 34.8. The Morgan fingerprint density at radius 3 is 1.50 bits per heavy atom. The van der Waals surface area contributed by atoms with E-state index in [9.17, 15) is 0 Å². The number of fused-ring (bicyclic) bond motifs is 6. The molecule has 0 N–H and O–H groups in total. The lowest BCUT2D eigenvalue weighted by Crippen LogP contribution is -2.10. The van der Waals surface area contributed by atoms with Gasteiger partial charge in [0, 0.05) is 39.1 Å². The first-order valence-electron chi connectivity index (χ1n) is 22.2. The first-order chi connectivity index (χ1) is 31.7. The Hall–Kier alpha value is -8.46. The highest BCUT2D eigenvalue weighted by atomic mass is 15.1. The molecule has 0 aliphatic carbocycles. The largest absolute Gasteiger partial charge is 0.310 e. The van der Waals surface area contributed by atoms with Crippen LogP contribution in [0, 0.1) is 0 Å². The number of para-hydroxylation sites is 3. The van der Waals surface area contributed by atoms with Crippen molar-refractivity contribution in [2.24, 2.45) is 0 Å². The Balaban J connectivity index is 1.04. The summed E-state index contributed by atoms with van der Waals surface area (Å²) in [6, 6.07) is 85.6. The van der Waals surface area contributed by atoms with Crippen LogP contribution in [-0.4, -0.2) is 4.57 Å². The third kappa shape index (κ3) is 5.08. The van der Waals surface area contributed by atoms with E-state index in [4.69, 9.17) is 0 Å². The molecular weight excluding hydrogens is 773 g/mol. The van der Waals surface area contributed by atoms with Crippen LogP contribution in [0.4, 0.5) is 17.1 Å². The Labute approximate surface area is 369 Å². The van der Waals surface area contributed by atoms with E-state index in [0.29, 0.717) is 0 Å². The summed E-state index contributed by atoms with van der Waals surface area (Å²) in [6.45, 7) is 0. The number of anilines is 3. The Morgan fingerprint density at radius 1 is 0.281 bits per heavy atom. The van der Waals surface area contributed by atoms with Crippen LogP contribution >= 0.6 is 0 Å². The number of rotatable bonds is 5. The molecule has 1 aromatic heterocycles. The van der Waals surface area contributed by atoms with Crippen molar-refractivity contribution in [3.05, 3.63) is 231 Å². The molecule has 0 saturated carbocycles. The van der Waals surface area contributed by atoms with Gasteiger partial charge in [-0.2, -0.15) is 0 Å². The molecule has 1 heterocycles. The molecule has 0 fully saturated rings. The van der Waals surface area contributed by atoms with E-state index < -0.39 is 0 Å². The fraction of sp³-hybridized carbons (Fsp3) is 0. The Morgan fingerprint density at radius 2 is 0.781 bits per heavy atom. The van der Waals surface area contributed by atoms with Gasteiger partial charge in [0.15, 0.2) is 0 Å². The molecule has 14 aromatic rings. The molecule has 0 radical (unpaired) electrons. The Bertz CT molecular complexity index is 4170. The molecule has 0 unspecified atom stereocenters. The second kappa shape index (κ2) is 13.5. The predicted molar refractivity (Wildman–Crippen MR) is 275 cm³/mol. The summed E-state index contributed by atoms with van der Waals surface area (Å²) in [5.74, 6) is 0. The molecule has 0 aliphatic rings. The summed E-state index contributed by atoms with van der Waals surface area (Å²) in [5, 5.41) is 20.3. The lowest BCUT2D eigenvalue weighted by molar-refractivity contribution is 1.18. The smallest absolute Gasteiger partial charge is 0.0619 e. The lowest BCUT2D eigenvalue weighted by Gasteiger charge is -2.27. The molecule has 0 saturated heterocycles. The van der Waals surface area contributed by atoms with Gasteiger partial charge < -0.3 is 9.47 Å². The maximum Gasteiger partial charge on any atom is 0.0619 e. The molecule has 0 atom stereocenters. The minimum absolute atomic E-state index is 1.10. The number of aromatic nitrogens is 1. The molecule has 2 nitrogen and oxygen atoms in total. The van der Waals surface area contributed by atoms with E-state index in [1.165, 1.54) is 108 Å². The van der Waals surface area contributed by atoms with Gasteiger partial charge >= 0.3 is 0 Å². The van der Waals surface area contributed by atoms with Crippen molar-refractivity contribution in [2.75, 3.05) is 4.90 Å². The van der Waals surface area contributed by atoms with Crippen LogP contribution in [0.3, 0.4) is 0 Å². The van der Waals surface area contributed by atoms with Gasteiger partial charge in [-0.3, -0.25) is 0 Å². The van der Waals surface area contributed by atoms with Gasteiger partial charge in [0.1, 0.15) is 0 Å². The highest BCUT2D eigenvalue weighted by Gasteiger charge is 2.21. The van der Waals surface area contributed by atoms with Crippen LogP contribution in [0.5, 0.6) is 0 Å². The first-order valence-corrected chi connectivity index (χ1v) is 22.2. The van der Waals surface area contributed by atoms with Crippen molar-refractivity contribution in [2.45, 2.75) is 0 Å². The van der Waals surface area contributed by atoms with Crippen LogP contribution in [0.1, 0.15) is 0 Å². The molecule has 13 aromatic carbocycles.